The summed E-state index contributed by atoms with van der Waals surface area (Å²) in [6.45, 7) is 1.63. The van der Waals surface area contributed by atoms with Crippen LogP contribution in [0.2, 0.25) is 0 Å². The van der Waals surface area contributed by atoms with E-state index < -0.39 is 0 Å². The van der Waals surface area contributed by atoms with Gasteiger partial charge in [0.05, 0.1) is 18.1 Å². The first-order valence-corrected chi connectivity index (χ1v) is 9.30. The lowest BCUT2D eigenvalue weighted by Gasteiger charge is -2.13. The molecule has 0 amide bonds. The molecule has 0 atom stereocenters. The van der Waals surface area contributed by atoms with E-state index in [-0.39, 0.29) is 24.0 Å². The molecule has 0 spiro atoms. The van der Waals surface area contributed by atoms with E-state index in [1.807, 2.05) is 36.4 Å². The number of rotatable bonds is 8. The molecule has 0 unspecified atom stereocenters. The predicted octanol–water partition coefficient (Wildman–Crippen LogP) is 3.53. The predicted molar refractivity (Wildman–Crippen MR) is 126 cm³/mol. The van der Waals surface area contributed by atoms with Crippen LogP contribution >= 0.6 is 24.0 Å². The summed E-state index contributed by atoms with van der Waals surface area (Å²) in [5.74, 6) is 2.76. The molecule has 0 radical (unpaired) electrons. The molecule has 0 saturated carbocycles. The summed E-state index contributed by atoms with van der Waals surface area (Å²) in [7, 11) is 3.49. The van der Waals surface area contributed by atoms with Crippen molar-refractivity contribution in [1.82, 2.24) is 20.6 Å². The molecule has 2 aromatic carbocycles. The van der Waals surface area contributed by atoms with Crippen molar-refractivity contribution in [3.63, 3.8) is 0 Å². The van der Waals surface area contributed by atoms with Crippen molar-refractivity contribution >= 4 is 41.0 Å². The van der Waals surface area contributed by atoms with Crippen LogP contribution in [0.1, 0.15) is 17.8 Å². The van der Waals surface area contributed by atoms with E-state index in [0.717, 1.165) is 60.9 Å². The van der Waals surface area contributed by atoms with Crippen LogP contribution in [0.15, 0.2) is 53.5 Å². The molecule has 1 aromatic heterocycles. The van der Waals surface area contributed by atoms with Crippen LogP contribution in [0.5, 0.6) is 5.75 Å². The number of nitrogens with one attached hydrogen (secondary N) is 3. The first kappa shape index (κ1) is 22.0. The molecule has 0 aliphatic heterocycles. The van der Waals surface area contributed by atoms with Crippen molar-refractivity contribution in [2.45, 2.75) is 19.3 Å². The second-order valence-corrected chi connectivity index (χ2v) is 6.29. The van der Waals surface area contributed by atoms with Crippen molar-refractivity contribution in [1.29, 1.82) is 0 Å². The van der Waals surface area contributed by atoms with Crippen molar-refractivity contribution in [3.05, 3.63) is 59.9 Å². The van der Waals surface area contributed by atoms with E-state index in [1.165, 1.54) is 5.56 Å². The Kier molecular flexibility index (Phi) is 9.06. The minimum atomic E-state index is 0. The van der Waals surface area contributed by atoms with Crippen LogP contribution < -0.4 is 15.4 Å². The third-order valence-electron chi connectivity index (χ3n) is 4.42. The molecule has 0 aliphatic rings. The van der Waals surface area contributed by atoms with Crippen molar-refractivity contribution < 1.29 is 4.74 Å². The van der Waals surface area contributed by atoms with E-state index in [2.05, 4.69) is 37.7 Å². The van der Waals surface area contributed by atoms with Crippen molar-refractivity contribution in [2.75, 3.05) is 27.2 Å². The quantitative estimate of drug-likeness (QED) is 0.194. The number of halogens is 1. The lowest BCUT2D eigenvalue weighted by Crippen LogP contribution is -2.38. The van der Waals surface area contributed by atoms with E-state index in [4.69, 9.17) is 4.74 Å². The van der Waals surface area contributed by atoms with Gasteiger partial charge in [-0.3, -0.25) is 4.99 Å². The van der Waals surface area contributed by atoms with Crippen LogP contribution in [0.25, 0.3) is 11.0 Å². The molecule has 3 N–H and O–H groups in total. The number of aliphatic imine (C=N–C) groups is 1. The largest absolute Gasteiger partial charge is 0.496 e. The maximum atomic E-state index is 5.39. The molecule has 28 heavy (non-hydrogen) atoms. The molecular weight excluding hydrogens is 465 g/mol. The third kappa shape index (κ3) is 6.12. The first-order valence-electron chi connectivity index (χ1n) is 9.30. The van der Waals surface area contributed by atoms with Gasteiger partial charge >= 0.3 is 0 Å². The number of aromatic nitrogens is 2. The number of para-hydroxylation sites is 3. The highest BCUT2D eigenvalue weighted by molar-refractivity contribution is 14.0. The Hall–Kier alpha value is -2.29. The Morgan fingerprint density at radius 2 is 1.79 bits per heavy atom. The summed E-state index contributed by atoms with van der Waals surface area (Å²) in [4.78, 5) is 12.3. The smallest absolute Gasteiger partial charge is 0.190 e. The van der Waals surface area contributed by atoms with Gasteiger partial charge in [-0.25, -0.2) is 4.98 Å². The summed E-state index contributed by atoms with van der Waals surface area (Å²) in [5.41, 5.74) is 3.30. The van der Waals surface area contributed by atoms with Crippen LogP contribution in [0, 0.1) is 0 Å². The normalized spacial score (nSPS) is 11.1. The van der Waals surface area contributed by atoms with Gasteiger partial charge in [-0.05, 0) is 36.6 Å². The Morgan fingerprint density at radius 3 is 2.57 bits per heavy atom. The maximum absolute atomic E-state index is 5.39. The second kappa shape index (κ2) is 11.5. The summed E-state index contributed by atoms with van der Waals surface area (Å²) in [6, 6.07) is 16.2. The number of nitrogens with zero attached hydrogens (tertiary/aromatic N) is 2. The summed E-state index contributed by atoms with van der Waals surface area (Å²) < 4.78 is 5.39. The fourth-order valence-electron chi connectivity index (χ4n) is 3.03. The number of H-pyrrole nitrogens is 1. The number of benzene rings is 2. The fraction of sp³-hybridized carbons (Fsp3) is 0.333. The molecular formula is C21H28IN5O. The number of guanidine groups is 1. The topological polar surface area (TPSA) is 74.3 Å². The number of methoxy groups -OCH3 is 1. The van der Waals surface area contributed by atoms with Crippen LogP contribution in [0.4, 0.5) is 0 Å². The van der Waals surface area contributed by atoms with Crippen LogP contribution in [0.3, 0.4) is 0 Å². The van der Waals surface area contributed by atoms with Gasteiger partial charge in [0.25, 0.3) is 0 Å². The van der Waals surface area contributed by atoms with E-state index in [0.29, 0.717) is 0 Å². The van der Waals surface area contributed by atoms with Crippen LogP contribution in [-0.4, -0.2) is 43.2 Å². The van der Waals surface area contributed by atoms with Gasteiger partial charge in [0.15, 0.2) is 5.96 Å². The lowest BCUT2D eigenvalue weighted by atomic mass is 10.1. The minimum absolute atomic E-state index is 0. The lowest BCUT2D eigenvalue weighted by molar-refractivity contribution is 0.409. The molecule has 1 heterocycles. The first-order chi connectivity index (χ1) is 13.3. The van der Waals surface area contributed by atoms with Crippen molar-refractivity contribution in [3.8, 4) is 5.75 Å². The molecule has 3 rings (SSSR count). The van der Waals surface area contributed by atoms with Crippen LogP contribution in [-0.2, 0) is 12.8 Å². The molecule has 3 aromatic rings. The standard InChI is InChI=1S/C21H27N5O.HI/c1-22-21(24-15-13-16-8-3-6-11-19(16)27-2)23-14-7-12-20-25-17-9-4-5-10-18(17)26-20;/h3-6,8-11H,7,12-15H2,1-2H3,(H,25,26)(H2,22,23,24);1H. The molecule has 0 saturated heterocycles. The number of fused-ring (bicyclic) bond motifs is 1. The zero-order valence-corrected chi connectivity index (χ0v) is 18.7. The summed E-state index contributed by atoms with van der Waals surface area (Å²) in [5, 5.41) is 6.70. The zero-order chi connectivity index (χ0) is 18.9. The van der Waals surface area contributed by atoms with E-state index >= 15 is 0 Å². The SMILES string of the molecule is CN=C(NCCCc1nc2ccccc2[nH]1)NCCc1ccccc1OC.I. The Labute approximate surface area is 183 Å². The van der Waals surface area contributed by atoms with Gasteiger partial charge < -0.3 is 20.4 Å². The third-order valence-corrected chi connectivity index (χ3v) is 4.42. The number of hydrogen-bond acceptors (Lipinski definition) is 3. The number of aryl methyl sites for hydroxylation is 1. The Bertz CT molecular complexity index is 860. The van der Waals surface area contributed by atoms with Gasteiger partial charge in [0, 0.05) is 26.6 Å². The zero-order valence-electron chi connectivity index (χ0n) is 16.4. The van der Waals surface area contributed by atoms with Gasteiger partial charge in [-0.2, -0.15) is 0 Å². The summed E-state index contributed by atoms with van der Waals surface area (Å²) in [6.07, 6.45) is 2.76. The van der Waals surface area contributed by atoms with Gasteiger partial charge in [-0.1, -0.05) is 30.3 Å². The number of ether oxygens (including phenoxy) is 1. The summed E-state index contributed by atoms with van der Waals surface area (Å²) >= 11 is 0. The second-order valence-electron chi connectivity index (χ2n) is 6.29. The number of imidazole rings is 1. The highest BCUT2D eigenvalue weighted by Crippen LogP contribution is 2.17. The monoisotopic (exact) mass is 493 g/mol. The Balaban J connectivity index is 0.00000280. The highest BCUT2D eigenvalue weighted by Gasteiger charge is 2.04. The van der Waals surface area contributed by atoms with Gasteiger partial charge in [-0.15, -0.1) is 24.0 Å². The average Bonchev–Trinajstić information content (AvgIpc) is 3.13. The molecule has 150 valence electrons. The maximum Gasteiger partial charge on any atom is 0.190 e. The van der Waals surface area contributed by atoms with Gasteiger partial charge in [0.2, 0.25) is 0 Å². The number of aromatic amines is 1. The fourth-order valence-corrected chi connectivity index (χ4v) is 3.03. The van der Waals surface area contributed by atoms with E-state index in [1.54, 1.807) is 14.2 Å². The van der Waals surface area contributed by atoms with E-state index in [9.17, 15) is 0 Å². The minimum Gasteiger partial charge on any atom is -0.496 e. The molecule has 0 aliphatic carbocycles. The molecule has 0 fully saturated rings. The molecule has 0 bridgehead atoms. The van der Waals surface area contributed by atoms with Crippen molar-refractivity contribution in [2.24, 2.45) is 4.99 Å². The highest BCUT2D eigenvalue weighted by atomic mass is 127. The molecule has 7 heteroatoms. The Morgan fingerprint density at radius 1 is 1.04 bits per heavy atom. The molecule has 6 nitrogen and oxygen atoms in total. The average molecular weight is 493 g/mol. The number of hydrogen-bond donors (Lipinski definition) is 3. The van der Waals surface area contributed by atoms with Gasteiger partial charge in [0.1, 0.15) is 11.6 Å².